The Labute approximate surface area is 117 Å². The maximum Gasteiger partial charge on any atom is 0.145 e. The van der Waals surface area contributed by atoms with Gasteiger partial charge in [-0.25, -0.2) is 9.67 Å². The molecule has 2 aromatic rings. The van der Waals surface area contributed by atoms with Gasteiger partial charge in [0.1, 0.15) is 5.15 Å². The van der Waals surface area contributed by atoms with E-state index < -0.39 is 6.37 Å². The Morgan fingerprint density at radius 1 is 1.59 bits per heavy atom. The van der Waals surface area contributed by atoms with Gasteiger partial charge in [0, 0.05) is 14.6 Å². The highest BCUT2D eigenvalue weighted by molar-refractivity contribution is 9.10. The summed E-state index contributed by atoms with van der Waals surface area (Å²) in [6, 6.07) is 3.50. The highest BCUT2D eigenvalue weighted by atomic mass is 79.9. The van der Waals surface area contributed by atoms with Crippen LogP contribution >= 0.6 is 27.5 Å². The maximum absolute atomic E-state index is 8.09. The van der Waals surface area contributed by atoms with Gasteiger partial charge in [0.25, 0.3) is 0 Å². The summed E-state index contributed by atoms with van der Waals surface area (Å²) >= 11 is 9.35. The van der Waals surface area contributed by atoms with Crippen LogP contribution in [0.15, 0.2) is 22.8 Å². The zero-order valence-corrected chi connectivity index (χ0v) is 11.9. The predicted molar refractivity (Wildman–Crippen MR) is 72.8 cm³/mol. The van der Waals surface area contributed by atoms with Gasteiger partial charge in [-0.05, 0) is 41.4 Å². The topological polar surface area (TPSA) is 30.7 Å². The number of hydrogen-bond acceptors (Lipinski definition) is 2. The zero-order valence-electron chi connectivity index (χ0n) is 11.5. The molecular formula is C12H13BrClN3. The van der Waals surface area contributed by atoms with Crippen molar-refractivity contribution in [2.75, 3.05) is 0 Å². The van der Waals surface area contributed by atoms with Gasteiger partial charge in [0.15, 0.2) is 0 Å². The molecule has 0 saturated heterocycles. The highest BCUT2D eigenvalue weighted by Gasteiger charge is 2.12. The lowest BCUT2D eigenvalue weighted by Gasteiger charge is -2.09. The van der Waals surface area contributed by atoms with E-state index >= 15 is 0 Å². The molecule has 2 aromatic heterocycles. The molecule has 2 heterocycles. The monoisotopic (exact) mass is 315 g/mol. The number of halogens is 2. The average molecular weight is 317 g/mol. The molecule has 5 heteroatoms. The minimum absolute atomic E-state index is 0.327. The summed E-state index contributed by atoms with van der Waals surface area (Å²) in [4.78, 5) is 3.97. The molecule has 0 fully saturated rings. The van der Waals surface area contributed by atoms with Crippen LogP contribution in [0.2, 0.25) is 5.15 Å². The van der Waals surface area contributed by atoms with Crippen molar-refractivity contribution in [3.63, 3.8) is 0 Å². The minimum Gasteiger partial charge on any atom is -0.243 e. The van der Waals surface area contributed by atoms with E-state index in [0.29, 0.717) is 27.4 Å². The first-order chi connectivity index (χ1) is 8.86. The average Bonchev–Trinajstić information content (AvgIpc) is 2.75. The Balaban J connectivity index is 2.66. The largest absolute Gasteiger partial charge is 0.243 e. The Morgan fingerprint density at radius 2 is 2.35 bits per heavy atom. The fourth-order valence-corrected chi connectivity index (χ4v) is 2.12. The third kappa shape index (κ3) is 2.53. The van der Waals surface area contributed by atoms with Crippen molar-refractivity contribution in [1.29, 1.82) is 0 Å². The Morgan fingerprint density at radius 3 is 3.06 bits per heavy atom. The van der Waals surface area contributed by atoms with E-state index in [4.69, 9.17) is 14.3 Å². The lowest BCUT2D eigenvalue weighted by molar-refractivity contribution is 0.766. The molecule has 0 spiro atoms. The molecule has 0 saturated carbocycles. The van der Waals surface area contributed by atoms with E-state index in [1.165, 1.54) is 0 Å². The van der Waals surface area contributed by atoms with E-state index in [-0.39, 0.29) is 0 Å². The van der Waals surface area contributed by atoms with Crippen LogP contribution in [0.4, 0.5) is 0 Å². The third-order valence-corrected chi connectivity index (χ3v) is 3.54. The van der Waals surface area contributed by atoms with Gasteiger partial charge < -0.3 is 0 Å². The van der Waals surface area contributed by atoms with Gasteiger partial charge in [-0.15, -0.1) is 0 Å². The Bertz CT molecular complexity index is 613. The number of aromatic nitrogens is 3. The van der Waals surface area contributed by atoms with Crippen LogP contribution in [0.3, 0.4) is 0 Å². The lowest BCUT2D eigenvalue weighted by Crippen LogP contribution is -2.03. The van der Waals surface area contributed by atoms with Crippen molar-refractivity contribution >= 4 is 27.5 Å². The molecule has 90 valence electrons. The van der Waals surface area contributed by atoms with E-state index in [0.717, 1.165) is 5.69 Å². The van der Waals surface area contributed by atoms with Gasteiger partial charge in [0.05, 0.1) is 15.9 Å². The summed E-state index contributed by atoms with van der Waals surface area (Å²) in [5.41, 5.74) is 1.95. The summed E-state index contributed by atoms with van der Waals surface area (Å²) in [5, 5.41) is 4.68. The molecule has 0 atom stereocenters. The van der Waals surface area contributed by atoms with E-state index in [9.17, 15) is 0 Å². The smallest absolute Gasteiger partial charge is 0.145 e. The van der Waals surface area contributed by atoms with Crippen LogP contribution < -0.4 is 0 Å². The van der Waals surface area contributed by atoms with Crippen LogP contribution in [0.25, 0.3) is 5.69 Å². The molecular weight excluding hydrogens is 302 g/mol. The first-order valence-electron chi connectivity index (χ1n) is 6.24. The van der Waals surface area contributed by atoms with E-state index in [2.05, 4.69) is 26.0 Å². The van der Waals surface area contributed by atoms with Gasteiger partial charge in [-0.2, -0.15) is 5.10 Å². The van der Waals surface area contributed by atoms with Crippen molar-refractivity contribution in [2.45, 2.75) is 26.6 Å². The SMILES string of the molecule is [2H]C([2H])(CC)c1cc(C)nn1-c1ccnc(Cl)c1Br. The van der Waals surface area contributed by atoms with Gasteiger partial charge in [0.2, 0.25) is 0 Å². The standard InChI is InChI=1S/C12H13BrClN3/c1-3-4-9-7-8(2)16-17(9)10-5-6-15-12(14)11(10)13/h5-7H,3-4H2,1-2H3/i4D2. The highest BCUT2D eigenvalue weighted by Crippen LogP contribution is 2.28. The number of pyridine rings is 1. The number of nitrogens with zero attached hydrogens (tertiary/aromatic N) is 3. The Kier molecular flexibility index (Phi) is 3.08. The first kappa shape index (κ1) is 10.1. The van der Waals surface area contributed by atoms with Gasteiger partial charge in [-0.1, -0.05) is 24.9 Å². The summed E-state index contributed by atoms with van der Waals surface area (Å²) in [6.07, 6.45) is 0.496. The molecule has 0 unspecified atom stereocenters. The molecule has 0 N–H and O–H groups in total. The van der Waals surface area contributed by atoms with E-state index in [1.54, 1.807) is 29.9 Å². The summed E-state index contributed by atoms with van der Waals surface area (Å²) in [7, 11) is 0. The molecule has 0 radical (unpaired) electrons. The van der Waals surface area contributed by atoms with Crippen LogP contribution in [0, 0.1) is 6.92 Å². The third-order valence-electron chi connectivity index (χ3n) is 2.24. The number of hydrogen-bond donors (Lipinski definition) is 0. The number of aryl methyl sites for hydroxylation is 2. The fraction of sp³-hybridized carbons (Fsp3) is 0.333. The van der Waals surface area contributed by atoms with Crippen molar-refractivity contribution in [3.05, 3.63) is 39.3 Å². The van der Waals surface area contributed by atoms with Crippen molar-refractivity contribution in [3.8, 4) is 5.69 Å². The first-order valence-corrected chi connectivity index (χ1v) is 6.41. The zero-order chi connectivity index (χ0) is 14.2. The summed E-state index contributed by atoms with van der Waals surface area (Å²) < 4.78 is 18.4. The predicted octanol–water partition coefficient (Wildman–Crippen LogP) is 3.94. The number of rotatable bonds is 3. The van der Waals surface area contributed by atoms with E-state index in [1.807, 2.05) is 6.92 Å². The molecule has 0 amide bonds. The Hall–Kier alpha value is -0.870. The van der Waals surface area contributed by atoms with Crippen LogP contribution in [-0.2, 0) is 6.37 Å². The second kappa shape index (κ2) is 5.19. The van der Waals surface area contributed by atoms with Crippen LogP contribution in [0.5, 0.6) is 0 Å². The minimum atomic E-state index is -1.45. The summed E-state index contributed by atoms with van der Waals surface area (Å²) in [5.74, 6) is 0. The fourth-order valence-electron chi connectivity index (χ4n) is 1.56. The molecule has 17 heavy (non-hydrogen) atoms. The second-order valence-corrected chi connectivity index (χ2v) is 4.70. The van der Waals surface area contributed by atoms with Crippen molar-refractivity contribution < 1.29 is 2.74 Å². The van der Waals surface area contributed by atoms with Crippen molar-refractivity contribution in [2.24, 2.45) is 0 Å². The molecule has 0 bridgehead atoms. The van der Waals surface area contributed by atoms with Crippen LogP contribution in [-0.4, -0.2) is 14.8 Å². The molecule has 3 nitrogen and oxygen atoms in total. The quantitative estimate of drug-likeness (QED) is 0.803. The van der Waals surface area contributed by atoms with Crippen molar-refractivity contribution in [1.82, 2.24) is 14.8 Å². The molecule has 0 aliphatic heterocycles. The normalized spacial score (nSPS) is 13.4. The van der Waals surface area contributed by atoms with Crippen LogP contribution in [0.1, 0.15) is 27.5 Å². The molecule has 2 rings (SSSR count). The molecule has 0 aliphatic rings. The lowest BCUT2D eigenvalue weighted by atomic mass is 10.2. The molecule has 0 aromatic carbocycles. The summed E-state index contributed by atoms with van der Waals surface area (Å²) in [6.45, 7) is 3.64. The van der Waals surface area contributed by atoms with Gasteiger partial charge in [-0.3, -0.25) is 0 Å². The maximum atomic E-state index is 8.09. The second-order valence-electron chi connectivity index (χ2n) is 3.55. The molecule has 0 aliphatic carbocycles. The van der Waals surface area contributed by atoms with Gasteiger partial charge >= 0.3 is 0 Å².